The highest BCUT2D eigenvalue weighted by Gasteiger charge is 2.44. The molecule has 1 aliphatic rings. The summed E-state index contributed by atoms with van der Waals surface area (Å²) in [6, 6.07) is 46.8. The molecular formula is C44H48N5O+. The predicted octanol–water partition coefficient (Wildman–Crippen LogP) is 9.62. The minimum atomic E-state index is -0.209. The Bertz CT molecular complexity index is 1880. The zero-order valence-electron chi connectivity index (χ0n) is 29.2. The van der Waals surface area contributed by atoms with Gasteiger partial charge in [0.2, 0.25) is 11.6 Å². The molecule has 1 amide bonds. The Morgan fingerprint density at radius 3 is 1.98 bits per heavy atom. The Hall–Kier alpha value is -5.46. The van der Waals surface area contributed by atoms with Crippen LogP contribution < -0.4 is 21.3 Å². The maximum Gasteiger partial charge on any atom is 0.220 e. The first-order valence-electron chi connectivity index (χ1n) is 17.7. The number of nitrogens with two attached hydrogens (primary N) is 1. The maximum atomic E-state index is 12.1. The Kier molecular flexibility index (Phi) is 11.2. The van der Waals surface area contributed by atoms with Crippen molar-refractivity contribution in [1.29, 1.82) is 0 Å². The van der Waals surface area contributed by atoms with Gasteiger partial charge in [-0.3, -0.25) is 4.79 Å². The van der Waals surface area contributed by atoms with Gasteiger partial charge in [-0.05, 0) is 99.0 Å². The van der Waals surface area contributed by atoms with Crippen LogP contribution in [0.2, 0.25) is 0 Å². The quantitative estimate of drug-likeness (QED) is 0.0771. The summed E-state index contributed by atoms with van der Waals surface area (Å²) in [5.41, 5.74) is 15.8. The average molecular weight is 663 g/mol. The number of carbonyl (C=O) groups is 1. The summed E-state index contributed by atoms with van der Waals surface area (Å²) in [4.78, 5) is 14.4. The number of nitrogens with one attached hydrogen (secondary N) is 2. The highest BCUT2D eigenvalue weighted by Crippen LogP contribution is 2.42. The number of para-hydroxylation sites is 3. The van der Waals surface area contributed by atoms with Crippen LogP contribution in [-0.2, 0) is 10.2 Å². The van der Waals surface area contributed by atoms with Crippen molar-refractivity contribution in [2.24, 2.45) is 5.73 Å². The van der Waals surface area contributed by atoms with Gasteiger partial charge in [0, 0.05) is 72.1 Å². The molecule has 0 saturated heterocycles. The number of fused-ring (bicyclic) bond motifs is 1. The summed E-state index contributed by atoms with van der Waals surface area (Å²) in [6.45, 7) is 6.52. The lowest BCUT2D eigenvalue weighted by Crippen LogP contribution is -2.28. The van der Waals surface area contributed by atoms with Gasteiger partial charge >= 0.3 is 0 Å². The lowest BCUT2D eigenvalue weighted by atomic mass is 9.81. The number of unbranched alkanes of at least 4 members (excludes halogenated alkanes) is 2. The third-order valence-electron chi connectivity index (χ3n) is 9.32. The molecular weight excluding hydrogens is 615 g/mol. The number of hydrogen-bond donors (Lipinski definition) is 3. The standard InChI is InChI=1S/C44H47N5O/c1-44(2)40-33-36(47-35-15-7-3-8-16-35)25-28-41(40)48(32-14-6-13-21-43(50)46-31-30-45)42(44)29-24-34-22-26-39(27-23-34)49(37-17-9-4-10-18-37)38-19-11-5-12-20-38/h3-5,7-12,15-20,22-29,33,47H,6,13-14,21,30-32,45H2,1-2H3/p+1. The molecule has 6 heteroatoms. The Morgan fingerprint density at radius 2 is 1.34 bits per heavy atom. The fourth-order valence-electron chi connectivity index (χ4n) is 6.73. The second-order valence-electron chi connectivity index (χ2n) is 13.3. The first-order chi connectivity index (χ1) is 24.4. The van der Waals surface area contributed by atoms with Gasteiger partial charge < -0.3 is 21.3 Å². The van der Waals surface area contributed by atoms with Gasteiger partial charge in [0.25, 0.3) is 0 Å². The molecule has 5 aromatic carbocycles. The molecule has 50 heavy (non-hydrogen) atoms. The molecule has 0 atom stereocenters. The number of benzene rings is 5. The van der Waals surface area contributed by atoms with Crippen LogP contribution in [0.4, 0.5) is 34.1 Å². The lowest BCUT2D eigenvalue weighted by molar-refractivity contribution is -0.438. The van der Waals surface area contributed by atoms with E-state index in [4.69, 9.17) is 5.73 Å². The van der Waals surface area contributed by atoms with E-state index in [-0.39, 0.29) is 11.3 Å². The molecule has 4 N–H and O–H groups in total. The van der Waals surface area contributed by atoms with Crippen molar-refractivity contribution >= 4 is 51.8 Å². The second-order valence-corrected chi connectivity index (χ2v) is 13.3. The van der Waals surface area contributed by atoms with Crippen LogP contribution in [0, 0.1) is 0 Å². The second kappa shape index (κ2) is 16.3. The Morgan fingerprint density at radius 1 is 0.720 bits per heavy atom. The molecule has 0 aliphatic carbocycles. The number of allylic oxidation sites excluding steroid dienone is 1. The van der Waals surface area contributed by atoms with E-state index in [1.165, 1.54) is 17.0 Å². The molecule has 0 unspecified atom stereocenters. The normalized spacial score (nSPS) is 13.3. The van der Waals surface area contributed by atoms with Gasteiger partial charge in [0.05, 0.1) is 5.41 Å². The monoisotopic (exact) mass is 662 g/mol. The number of hydrogen-bond acceptors (Lipinski definition) is 4. The highest BCUT2D eigenvalue weighted by molar-refractivity contribution is 6.05. The lowest BCUT2D eigenvalue weighted by Gasteiger charge is -2.25. The van der Waals surface area contributed by atoms with E-state index in [1.807, 2.05) is 30.3 Å². The summed E-state index contributed by atoms with van der Waals surface area (Å²) in [5, 5.41) is 6.47. The van der Waals surface area contributed by atoms with Crippen LogP contribution in [0.15, 0.2) is 140 Å². The molecule has 0 bridgehead atoms. The summed E-state index contributed by atoms with van der Waals surface area (Å²) >= 11 is 0. The number of rotatable bonds is 15. The van der Waals surface area contributed by atoms with E-state index < -0.39 is 0 Å². The van der Waals surface area contributed by atoms with Crippen molar-refractivity contribution in [3.63, 3.8) is 0 Å². The Labute approximate surface area is 297 Å². The van der Waals surface area contributed by atoms with Gasteiger partial charge in [0.15, 0.2) is 5.71 Å². The minimum absolute atomic E-state index is 0.0819. The number of carbonyl (C=O) groups excluding carboxylic acids is 1. The molecule has 0 radical (unpaired) electrons. The number of amides is 1. The first-order valence-corrected chi connectivity index (χ1v) is 17.7. The van der Waals surface area contributed by atoms with Crippen LogP contribution in [0.25, 0.3) is 6.08 Å². The van der Waals surface area contributed by atoms with Crippen LogP contribution in [-0.4, -0.2) is 35.8 Å². The number of nitrogens with zero attached hydrogens (tertiary/aromatic N) is 2. The van der Waals surface area contributed by atoms with E-state index in [9.17, 15) is 4.79 Å². The van der Waals surface area contributed by atoms with Crippen LogP contribution >= 0.6 is 0 Å². The van der Waals surface area contributed by atoms with E-state index in [0.29, 0.717) is 19.5 Å². The van der Waals surface area contributed by atoms with Crippen molar-refractivity contribution in [3.8, 4) is 0 Å². The van der Waals surface area contributed by atoms with Crippen molar-refractivity contribution in [2.75, 3.05) is 29.9 Å². The molecule has 1 aliphatic heterocycles. The molecule has 1 heterocycles. The first kappa shape index (κ1) is 34.4. The van der Waals surface area contributed by atoms with Crippen LogP contribution in [0.3, 0.4) is 0 Å². The van der Waals surface area contributed by atoms with E-state index in [2.05, 4.69) is 149 Å². The zero-order chi connectivity index (χ0) is 34.8. The van der Waals surface area contributed by atoms with Gasteiger partial charge in [-0.1, -0.05) is 66.7 Å². The topological polar surface area (TPSA) is 73.4 Å². The smallest absolute Gasteiger partial charge is 0.220 e. The third kappa shape index (κ3) is 8.21. The van der Waals surface area contributed by atoms with Crippen LogP contribution in [0.1, 0.15) is 50.7 Å². The zero-order valence-corrected chi connectivity index (χ0v) is 29.2. The molecule has 0 fully saturated rings. The maximum absolute atomic E-state index is 12.1. The van der Waals surface area contributed by atoms with Gasteiger partial charge in [-0.25, -0.2) is 0 Å². The van der Waals surface area contributed by atoms with Crippen LogP contribution in [0.5, 0.6) is 0 Å². The summed E-state index contributed by atoms with van der Waals surface area (Å²) < 4.78 is 2.48. The van der Waals surface area contributed by atoms with Gasteiger partial charge in [-0.15, -0.1) is 0 Å². The van der Waals surface area contributed by atoms with Gasteiger partial charge in [-0.2, -0.15) is 4.58 Å². The van der Waals surface area contributed by atoms with E-state index >= 15 is 0 Å². The third-order valence-corrected chi connectivity index (χ3v) is 9.32. The molecule has 6 nitrogen and oxygen atoms in total. The minimum Gasteiger partial charge on any atom is -0.356 e. The van der Waals surface area contributed by atoms with Crippen molar-refractivity contribution in [1.82, 2.24) is 5.32 Å². The predicted molar refractivity (Wildman–Crippen MR) is 210 cm³/mol. The molecule has 6 rings (SSSR count). The molecule has 0 spiro atoms. The Balaban J connectivity index is 1.25. The molecule has 5 aromatic rings. The molecule has 254 valence electrons. The van der Waals surface area contributed by atoms with Crippen molar-refractivity contribution < 1.29 is 9.37 Å². The summed E-state index contributed by atoms with van der Waals surface area (Å²) in [6.07, 6.45) is 7.90. The summed E-state index contributed by atoms with van der Waals surface area (Å²) in [5.74, 6) is 0.0819. The average Bonchev–Trinajstić information content (AvgIpc) is 3.36. The van der Waals surface area contributed by atoms with E-state index in [0.717, 1.165) is 59.8 Å². The largest absolute Gasteiger partial charge is 0.356 e. The summed E-state index contributed by atoms with van der Waals surface area (Å²) in [7, 11) is 0. The van der Waals surface area contributed by atoms with Crippen molar-refractivity contribution in [2.45, 2.75) is 44.9 Å². The van der Waals surface area contributed by atoms with Gasteiger partial charge in [0.1, 0.15) is 6.54 Å². The fourth-order valence-corrected chi connectivity index (χ4v) is 6.73. The SMILES string of the molecule is CC1(C)C(/C=C/c2ccc(N(c3ccccc3)c3ccccc3)cc2)=[N+](CCCCCC(=O)NCCN)c2ccc(Nc3ccccc3)cc21. The fraction of sp³-hybridized carbons (Fsp3) is 0.227. The van der Waals surface area contributed by atoms with E-state index in [1.54, 1.807) is 0 Å². The molecule has 0 saturated carbocycles. The number of anilines is 5. The molecule has 0 aromatic heterocycles. The van der Waals surface area contributed by atoms with Crippen molar-refractivity contribution in [3.05, 3.63) is 151 Å². The highest BCUT2D eigenvalue weighted by atomic mass is 16.1.